The van der Waals surface area contributed by atoms with E-state index in [2.05, 4.69) is 56.8 Å². The van der Waals surface area contributed by atoms with Crippen molar-refractivity contribution in [1.29, 1.82) is 0 Å². The summed E-state index contributed by atoms with van der Waals surface area (Å²) in [5.41, 5.74) is 2.18. The second kappa shape index (κ2) is 10.9. The molecule has 2 aromatic carbocycles. The molecule has 8 heteroatoms. The maximum atomic E-state index is 12.4. The maximum Gasteiger partial charge on any atom is 0.241 e. The predicted octanol–water partition coefficient (Wildman–Crippen LogP) is 3.27. The van der Waals surface area contributed by atoms with Crippen LogP contribution in [0.3, 0.4) is 0 Å². The minimum absolute atomic E-state index is 0.115. The van der Waals surface area contributed by atoms with Gasteiger partial charge in [0, 0.05) is 17.6 Å². The van der Waals surface area contributed by atoms with Gasteiger partial charge in [-0.25, -0.2) is 8.42 Å². The summed E-state index contributed by atoms with van der Waals surface area (Å²) in [7, 11) is -3.76. The van der Waals surface area contributed by atoms with Crippen molar-refractivity contribution in [1.82, 2.24) is 14.9 Å². The molecule has 29 heavy (non-hydrogen) atoms. The Hall–Kier alpha value is -1.74. The summed E-state index contributed by atoms with van der Waals surface area (Å²) in [5.74, 6) is -0.377. The fourth-order valence-corrected chi connectivity index (χ4v) is 4.25. The van der Waals surface area contributed by atoms with E-state index in [0.29, 0.717) is 6.54 Å². The zero-order chi connectivity index (χ0) is 21.4. The average Bonchev–Trinajstić information content (AvgIpc) is 2.71. The van der Waals surface area contributed by atoms with Crippen molar-refractivity contribution in [2.24, 2.45) is 0 Å². The first-order valence-electron chi connectivity index (χ1n) is 9.61. The van der Waals surface area contributed by atoms with Gasteiger partial charge in [0.2, 0.25) is 15.9 Å². The Kier molecular flexibility index (Phi) is 8.82. The highest BCUT2D eigenvalue weighted by molar-refractivity contribution is 9.10. The molecule has 1 unspecified atom stereocenters. The number of benzene rings is 2. The first-order chi connectivity index (χ1) is 13.7. The predicted molar refractivity (Wildman–Crippen MR) is 119 cm³/mol. The highest BCUT2D eigenvalue weighted by Gasteiger charge is 2.21. The number of hydrogen-bond acceptors (Lipinski definition) is 4. The zero-order valence-corrected chi connectivity index (χ0v) is 19.4. The molecule has 0 saturated heterocycles. The van der Waals surface area contributed by atoms with E-state index in [9.17, 15) is 13.2 Å². The second-order valence-corrected chi connectivity index (χ2v) is 9.42. The summed E-state index contributed by atoms with van der Waals surface area (Å²) in [5, 5.41) is 2.78. The first kappa shape index (κ1) is 23.5. The lowest BCUT2D eigenvalue weighted by atomic mass is 10.1. The fourth-order valence-electron chi connectivity index (χ4n) is 2.78. The minimum atomic E-state index is -3.76. The highest BCUT2D eigenvalue weighted by atomic mass is 79.9. The normalized spacial score (nSPS) is 12.7. The number of amides is 1. The molecule has 2 N–H and O–H groups in total. The van der Waals surface area contributed by atoms with Crippen LogP contribution >= 0.6 is 15.9 Å². The lowest BCUT2D eigenvalue weighted by molar-refractivity contribution is -0.122. The van der Waals surface area contributed by atoms with E-state index in [4.69, 9.17) is 0 Å². The number of nitrogens with zero attached hydrogens (tertiary/aromatic N) is 1. The van der Waals surface area contributed by atoms with Gasteiger partial charge in [0.25, 0.3) is 0 Å². The molecule has 0 saturated carbocycles. The molecule has 2 aromatic rings. The van der Waals surface area contributed by atoms with E-state index in [0.717, 1.165) is 29.7 Å². The van der Waals surface area contributed by atoms with Crippen LogP contribution in [0.5, 0.6) is 0 Å². The Morgan fingerprint density at radius 3 is 2.10 bits per heavy atom. The SMILES string of the molecule is CCN(CC)Cc1ccc(CNC(=O)C(C)NS(=O)(=O)c2ccc(Br)cc2)cc1. The van der Waals surface area contributed by atoms with Crippen molar-refractivity contribution < 1.29 is 13.2 Å². The monoisotopic (exact) mass is 481 g/mol. The van der Waals surface area contributed by atoms with Crippen LogP contribution in [0.2, 0.25) is 0 Å². The van der Waals surface area contributed by atoms with Gasteiger partial charge in [0.05, 0.1) is 10.9 Å². The van der Waals surface area contributed by atoms with E-state index in [-0.39, 0.29) is 10.8 Å². The molecular weight excluding hydrogens is 454 g/mol. The van der Waals surface area contributed by atoms with Gasteiger partial charge in [-0.15, -0.1) is 0 Å². The Morgan fingerprint density at radius 1 is 1.00 bits per heavy atom. The van der Waals surface area contributed by atoms with Crippen molar-refractivity contribution in [3.8, 4) is 0 Å². The Balaban J connectivity index is 1.89. The van der Waals surface area contributed by atoms with Crippen LogP contribution in [0, 0.1) is 0 Å². The standard InChI is InChI=1S/C21H28BrN3O3S/c1-4-25(5-2)15-18-8-6-17(7-9-18)14-23-21(26)16(3)24-29(27,28)20-12-10-19(22)11-13-20/h6-13,16,24H,4-5,14-15H2,1-3H3,(H,23,26). The molecule has 0 heterocycles. The molecule has 1 atom stereocenters. The summed E-state index contributed by atoms with van der Waals surface area (Å²) in [6.45, 7) is 9.05. The van der Waals surface area contributed by atoms with Gasteiger partial charge in [-0.1, -0.05) is 54.0 Å². The van der Waals surface area contributed by atoms with Gasteiger partial charge in [-0.05, 0) is 55.4 Å². The molecule has 0 aliphatic carbocycles. The number of rotatable bonds is 10. The van der Waals surface area contributed by atoms with Gasteiger partial charge in [-0.2, -0.15) is 4.72 Å². The molecular formula is C21H28BrN3O3S. The molecule has 0 spiro atoms. The van der Waals surface area contributed by atoms with E-state index < -0.39 is 16.1 Å². The maximum absolute atomic E-state index is 12.4. The van der Waals surface area contributed by atoms with Gasteiger partial charge >= 0.3 is 0 Å². The third-order valence-corrected chi connectivity index (χ3v) is 6.72. The third-order valence-electron chi connectivity index (χ3n) is 4.64. The van der Waals surface area contributed by atoms with Crippen LogP contribution < -0.4 is 10.0 Å². The van der Waals surface area contributed by atoms with Crippen LogP contribution in [-0.2, 0) is 27.9 Å². The molecule has 158 valence electrons. The Labute approximate surface area is 181 Å². The van der Waals surface area contributed by atoms with Gasteiger partial charge in [0.1, 0.15) is 0 Å². The lowest BCUT2D eigenvalue weighted by Gasteiger charge is -2.18. The fraction of sp³-hybridized carbons (Fsp3) is 0.381. The Bertz CT molecular complexity index is 896. The largest absolute Gasteiger partial charge is 0.351 e. The topological polar surface area (TPSA) is 78.5 Å². The van der Waals surface area contributed by atoms with Crippen LogP contribution in [0.25, 0.3) is 0 Å². The molecule has 0 fully saturated rings. The smallest absolute Gasteiger partial charge is 0.241 e. The van der Waals surface area contributed by atoms with E-state index >= 15 is 0 Å². The summed E-state index contributed by atoms with van der Waals surface area (Å²) in [4.78, 5) is 14.8. The average molecular weight is 482 g/mol. The number of carbonyl (C=O) groups excluding carboxylic acids is 1. The van der Waals surface area contributed by atoms with Crippen molar-refractivity contribution in [3.63, 3.8) is 0 Å². The highest BCUT2D eigenvalue weighted by Crippen LogP contribution is 2.15. The summed E-state index contributed by atoms with van der Waals surface area (Å²) in [6.07, 6.45) is 0. The van der Waals surface area contributed by atoms with Crippen LogP contribution in [-0.4, -0.2) is 38.4 Å². The molecule has 1 amide bonds. The van der Waals surface area contributed by atoms with Crippen LogP contribution in [0.1, 0.15) is 31.9 Å². The molecule has 2 rings (SSSR count). The number of halogens is 1. The van der Waals surface area contributed by atoms with Crippen molar-refractivity contribution in [2.45, 2.75) is 44.8 Å². The second-order valence-electron chi connectivity index (χ2n) is 6.79. The number of nitrogens with one attached hydrogen (secondary N) is 2. The molecule has 0 radical (unpaired) electrons. The van der Waals surface area contributed by atoms with Crippen LogP contribution in [0.4, 0.5) is 0 Å². The molecule has 6 nitrogen and oxygen atoms in total. The van der Waals surface area contributed by atoms with E-state index in [1.54, 1.807) is 12.1 Å². The van der Waals surface area contributed by atoms with Gasteiger partial charge in [-0.3, -0.25) is 9.69 Å². The van der Waals surface area contributed by atoms with Crippen molar-refractivity contribution in [3.05, 3.63) is 64.1 Å². The van der Waals surface area contributed by atoms with Gasteiger partial charge < -0.3 is 5.32 Å². The minimum Gasteiger partial charge on any atom is -0.351 e. The Morgan fingerprint density at radius 2 is 1.55 bits per heavy atom. The number of hydrogen-bond donors (Lipinski definition) is 2. The van der Waals surface area contributed by atoms with Crippen molar-refractivity contribution in [2.75, 3.05) is 13.1 Å². The summed E-state index contributed by atoms with van der Waals surface area (Å²) >= 11 is 3.27. The van der Waals surface area contributed by atoms with Crippen LogP contribution in [0.15, 0.2) is 57.9 Å². The quantitative estimate of drug-likeness (QED) is 0.545. The van der Waals surface area contributed by atoms with Gasteiger partial charge in [0.15, 0.2) is 0 Å². The lowest BCUT2D eigenvalue weighted by Crippen LogP contribution is -2.44. The van der Waals surface area contributed by atoms with Crippen molar-refractivity contribution >= 4 is 31.9 Å². The van der Waals surface area contributed by atoms with E-state index in [1.807, 2.05) is 12.1 Å². The number of sulfonamides is 1. The third kappa shape index (κ3) is 7.22. The van der Waals surface area contributed by atoms with E-state index in [1.165, 1.54) is 24.6 Å². The summed E-state index contributed by atoms with van der Waals surface area (Å²) in [6, 6.07) is 13.4. The molecule has 0 aliphatic rings. The summed E-state index contributed by atoms with van der Waals surface area (Å²) < 4.78 is 28.0. The molecule has 0 aliphatic heterocycles. The zero-order valence-electron chi connectivity index (χ0n) is 17.0. The molecule has 0 bridgehead atoms. The first-order valence-corrected chi connectivity index (χ1v) is 11.9. The molecule has 0 aromatic heterocycles. The number of carbonyl (C=O) groups is 1.